The molecule has 0 radical (unpaired) electrons. The Bertz CT molecular complexity index is 1240. The summed E-state index contributed by atoms with van der Waals surface area (Å²) in [5.41, 5.74) is 0. The summed E-state index contributed by atoms with van der Waals surface area (Å²) in [4.78, 5) is 37.9. The summed E-state index contributed by atoms with van der Waals surface area (Å²) in [6.07, 6.45) is 65.8. The average Bonchev–Trinajstić information content (AvgIpc) is 3.28. The molecule has 1 atom stereocenters. The van der Waals surface area contributed by atoms with Gasteiger partial charge in [-0.3, -0.25) is 14.4 Å². The standard InChI is InChI=1S/C57H96O6/c1-4-7-10-13-16-19-22-25-27-28-29-30-33-35-38-41-44-47-50-56(59)62-53-54(52-61-55(58)49-46-43-40-37-34-31-24-21-18-15-12-9-6-3)63-57(60)51-48-45-42-39-36-32-26-23-20-17-14-11-8-5-2/h8,11,17,20,26-32,34,40,43,54H,4-7,9-10,12-16,18-19,21-25,33,35-39,41-42,44-53H2,1-3H3/b11-8+,20-17+,28-27+,30-29+,32-26+,34-31+,43-40+. The first kappa shape index (κ1) is 59.6. The summed E-state index contributed by atoms with van der Waals surface area (Å²) in [6, 6.07) is 0. The predicted octanol–water partition coefficient (Wildman–Crippen LogP) is 17.2. The zero-order valence-electron chi connectivity index (χ0n) is 41.1. The molecule has 0 aromatic heterocycles. The average molecular weight is 877 g/mol. The van der Waals surface area contributed by atoms with E-state index in [-0.39, 0.29) is 44.0 Å². The SMILES string of the molecule is CC/C=C/C/C=C/C/C=C/CCCCCCC(=O)OC(COC(=O)CC/C=C/C/C=C/CCCCCCCC)COC(=O)CCCCCCC/C=C/C=C/CCCCCCCCC. The van der Waals surface area contributed by atoms with Crippen molar-refractivity contribution in [2.75, 3.05) is 13.2 Å². The number of allylic oxidation sites excluding steroid dienone is 14. The Balaban J connectivity index is 4.49. The highest BCUT2D eigenvalue weighted by molar-refractivity contribution is 5.71. The Morgan fingerprint density at radius 1 is 0.349 bits per heavy atom. The Labute approximate surface area is 388 Å². The second-order valence-electron chi connectivity index (χ2n) is 17.1. The molecule has 6 heteroatoms. The Kier molecular flexibility index (Phi) is 48.5. The van der Waals surface area contributed by atoms with Crippen LogP contribution in [-0.4, -0.2) is 37.2 Å². The summed E-state index contributed by atoms with van der Waals surface area (Å²) in [7, 11) is 0. The van der Waals surface area contributed by atoms with Gasteiger partial charge in [0.05, 0.1) is 0 Å². The van der Waals surface area contributed by atoms with Crippen LogP contribution in [0.4, 0.5) is 0 Å². The molecular formula is C57H96O6. The molecule has 63 heavy (non-hydrogen) atoms. The molecule has 0 N–H and O–H groups in total. The van der Waals surface area contributed by atoms with Gasteiger partial charge in [0.2, 0.25) is 0 Å². The van der Waals surface area contributed by atoms with Gasteiger partial charge in [-0.15, -0.1) is 0 Å². The topological polar surface area (TPSA) is 78.9 Å². The number of unbranched alkanes of at least 4 members (excludes halogenated alkanes) is 22. The number of ether oxygens (including phenoxy) is 3. The second-order valence-corrected chi connectivity index (χ2v) is 17.1. The summed E-state index contributed by atoms with van der Waals surface area (Å²) < 4.78 is 16.7. The van der Waals surface area contributed by atoms with E-state index in [2.05, 4.69) is 99.8 Å². The first-order valence-electron chi connectivity index (χ1n) is 26.1. The molecule has 0 amide bonds. The smallest absolute Gasteiger partial charge is 0.306 e. The van der Waals surface area contributed by atoms with Crippen molar-refractivity contribution in [2.24, 2.45) is 0 Å². The van der Waals surface area contributed by atoms with Crippen molar-refractivity contribution >= 4 is 17.9 Å². The first-order valence-corrected chi connectivity index (χ1v) is 26.1. The normalized spacial score (nSPS) is 12.7. The van der Waals surface area contributed by atoms with Crippen LogP contribution < -0.4 is 0 Å². The van der Waals surface area contributed by atoms with Crippen LogP contribution in [0.15, 0.2) is 85.1 Å². The molecule has 0 saturated heterocycles. The lowest BCUT2D eigenvalue weighted by molar-refractivity contribution is -0.166. The van der Waals surface area contributed by atoms with Crippen molar-refractivity contribution in [1.82, 2.24) is 0 Å². The van der Waals surface area contributed by atoms with E-state index < -0.39 is 6.10 Å². The van der Waals surface area contributed by atoms with E-state index >= 15 is 0 Å². The third kappa shape index (κ3) is 49.5. The minimum absolute atomic E-state index is 0.111. The lowest BCUT2D eigenvalue weighted by Gasteiger charge is -2.18. The van der Waals surface area contributed by atoms with Crippen LogP contribution in [0.1, 0.15) is 239 Å². The molecule has 6 nitrogen and oxygen atoms in total. The quantitative estimate of drug-likeness (QED) is 0.0199. The van der Waals surface area contributed by atoms with Crippen molar-refractivity contribution in [1.29, 1.82) is 0 Å². The van der Waals surface area contributed by atoms with Gasteiger partial charge >= 0.3 is 17.9 Å². The summed E-state index contributed by atoms with van der Waals surface area (Å²) in [5, 5.41) is 0. The lowest BCUT2D eigenvalue weighted by atomic mass is 10.1. The number of hydrogen-bond acceptors (Lipinski definition) is 6. The maximum Gasteiger partial charge on any atom is 0.306 e. The molecule has 0 aliphatic heterocycles. The van der Waals surface area contributed by atoms with E-state index in [4.69, 9.17) is 14.2 Å². The van der Waals surface area contributed by atoms with E-state index in [1.54, 1.807) is 0 Å². The van der Waals surface area contributed by atoms with Gasteiger partial charge in [0.25, 0.3) is 0 Å². The highest BCUT2D eigenvalue weighted by atomic mass is 16.6. The summed E-state index contributed by atoms with van der Waals surface area (Å²) >= 11 is 0. The molecule has 0 spiro atoms. The molecule has 0 aromatic carbocycles. The van der Waals surface area contributed by atoms with Crippen molar-refractivity contribution in [3.8, 4) is 0 Å². The van der Waals surface area contributed by atoms with E-state index in [1.165, 1.54) is 89.9 Å². The Hall–Kier alpha value is -3.41. The zero-order valence-corrected chi connectivity index (χ0v) is 41.1. The molecule has 0 aromatic rings. The maximum atomic E-state index is 12.8. The third-order valence-corrected chi connectivity index (χ3v) is 10.9. The fraction of sp³-hybridized carbons (Fsp3) is 0.702. The highest BCUT2D eigenvalue weighted by Crippen LogP contribution is 2.13. The summed E-state index contributed by atoms with van der Waals surface area (Å²) in [6.45, 7) is 6.42. The molecule has 1 unspecified atom stereocenters. The number of hydrogen-bond donors (Lipinski definition) is 0. The van der Waals surface area contributed by atoms with Gasteiger partial charge in [-0.25, -0.2) is 0 Å². The van der Waals surface area contributed by atoms with Gasteiger partial charge in [0.1, 0.15) is 13.2 Å². The molecule has 0 rings (SSSR count). The van der Waals surface area contributed by atoms with E-state index in [9.17, 15) is 14.4 Å². The van der Waals surface area contributed by atoms with Gasteiger partial charge < -0.3 is 14.2 Å². The van der Waals surface area contributed by atoms with Crippen LogP contribution in [0.5, 0.6) is 0 Å². The molecule has 360 valence electrons. The second kappa shape index (κ2) is 51.2. The zero-order chi connectivity index (χ0) is 45.8. The Morgan fingerprint density at radius 2 is 0.698 bits per heavy atom. The summed E-state index contributed by atoms with van der Waals surface area (Å²) in [5.74, 6) is -1.02. The number of carbonyl (C=O) groups is 3. The predicted molar refractivity (Wildman–Crippen MR) is 270 cm³/mol. The minimum atomic E-state index is -0.817. The van der Waals surface area contributed by atoms with Crippen LogP contribution in [0, 0.1) is 0 Å². The lowest BCUT2D eigenvalue weighted by Crippen LogP contribution is -2.30. The van der Waals surface area contributed by atoms with Crippen LogP contribution in [-0.2, 0) is 28.6 Å². The highest BCUT2D eigenvalue weighted by Gasteiger charge is 2.19. The van der Waals surface area contributed by atoms with Crippen molar-refractivity contribution < 1.29 is 28.6 Å². The number of rotatable bonds is 46. The van der Waals surface area contributed by atoms with Crippen molar-refractivity contribution in [2.45, 2.75) is 245 Å². The number of carbonyl (C=O) groups excluding carboxylic acids is 3. The van der Waals surface area contributed by atoms with Gasteiger partial charge in [0, 0.05) is 19.3 Å². The van der Waals surface area contributed by atoms with Gasteiger partial charge in [-0.2, -0.15) is 0 Å². The first-order chi connectivity index (χ1) is 31.0. The van der Waals surface area contributed by atoms with Crippen LogP contribution in [0.2, 0.25) is 0 Å². The molecule has 0 aliphatic rings. The minimum Gasteiger partial charge on any atom is -0.462 e. The van der Waals surface area contributed by atoms with Crippen LogP contribution in [0.25, 0.3) is 0 Å². The van der Waals surface area contributed by atoms with Crippen molar-refractivity contribution in [3.63, 3.8) is 0 Å². The fourth-order valence-corrected chi connectivity index (χ4v) is 6.97. The fourth-order valence-electron chi connectivity index (χ4n) is 6.97. The van der Waals surface area contributed by atoms with E-state index in [1.807, 2.05) is 6.08 Å². The monoisotopic (exact) mass is 877 g/mol. The largest absolute Gasteiger partial charge is 0.462 e. The van der Waals surface area contributed by atoms with Crippen molar-refractivity contribution in [3.05, 3.63) is 85.1 Å². The molecule has 0 fully saturated rings. The molecule has 0 aliphatic carbocycles. The Morgan fingerprint density at radius 3 is 1.16 bits per heavy atom. The van der Waals surface area contributed by atoms with E-state index in [0.717, 1.165) is 103 Å². The van der Waals surface area contributed by atoms with Gasteiger partial charge in [-0.05, 0) is 96.3 Å². The molecule has 0 heterocycles. The van der Waals surface area contributed by atoms with E-state index in [0.29, 0.717) is 12.8 Å². The van der Waals surface area contributed by atoms with Gasteiger partial charge in [0.15, 0.2) is 6.10 Å². The van der Waals surface area contributed by atoms with Gasteiger partial charge in [-0.1, -0.05) is 209 Å². The molecular weight excluding hydrogens is 781 g/mol. The van der Waals surface area contributed by atoms with Crippen LogP contribution in [0.3, 0.4) is 0 Å². The third-order valence-electron chi connectivity index (χ3n) is 10.9. The maximum absolute atomic E-state index is 12.8. The number of esters is 3. The van der Waals surface area contributed by atoms with Crippen LogP contribution >= 0.6 is 0 Å². The molecule has 0 saturated carbocycles. The molecule has 0 bridgehead atoms.